The first kappa shape index (κ1) is 48.9. The Bertz CT molecular complexity index is 727. The van der Waals surface area contributed by atoms with Crippen molar-refractivity contribution < 1.29 is 94.4 Å². The Labute approximate surface area is 337 Å². The third-order valence-electron chi connectivity index (χ3n) is 8.46. The summed E-state index contributed by atoms with van der Waals surface area (Å²) in [6.07, 6.45) is -2.17. The summed E-state index contributed by atoms with van der Waals surface area (Å²) in [7, 11) is 0. The van der Waals surface area contributed by atoms with Crippen LogP contribution in [0.3, 0.4) is 0 Å². The lowest BCUT2D eigenvalue weighted by Gasteiger charge is -2.44. The summed E-state index contributed by atoms with van der Waals surface area (Å²) >= 11 is 0. The van der Waals surface area contributed by atoms with Gasteiger partial charge < -0.3 is 94.4 Å². The number of hydrogen-bond acceptors (Lipinski definition) is 20. The first-order chi connectivity index (χ1) is 28.3. The zero-order valence-corrected chi connectivity index (χ0v) is 33.7. The number of rotatable bonds is 12. The highest BCUT2D eigenvalue weighted by Gasteiger charge is 2.37. The highest BCUT2D eigenvalue weighted by Crippen LogP contribution is 2.18. The molecule has 4 aliphatic heterocycles. The first-order valence-corrected chi connectivity index (χ1v) is 20.4. The van der Waals surface area contributed by atoms with Crippen molar-refractivity contribution in [3.8, 4) is 0 Å². The molecule has 20 nitrogen and oxygen atoms in total. The number of hydrogen-bond donors (Lipinski definition) is 0. The average molecular weight is 832 g/mol. The van der Waals surface area contributed by atoms with E-state index >= 15 is 0 Å². The molecule has 4 aliphatic rings. The van der Waals surface area contributed by atoms with Gasteiger partial charge in [-0.25, -0.2) is 0 Å². The summed E-state index contributed by atoms with van der Waals surface area (Å²) in [6.45, 7) is 7.24. The van der Waals surface area contributed by atoms with Crippen molar-refractivity contribution in [3.63, 3.8) is 0 Å². The minimum atomic E-state index is -3.06. The Kier molecular flexibility index (Phi) is 29.1. The molecule has 0 aromatic carbocycles. The number of ether oxygens (including phenoxy) is 16. The van der Waals surface area contributed by atoms with Gasteiger partial charge in [0.2, 0.25) is 0 Å². The Morgan fingerprint density at radius 2 is 0.421 bits per heavy atom. The predicted octanol–water partition coefficient (Wildman–Crippen LogP) is -0.717. The molecule has 0 saturated carbocycles. The lowest BCUT2D eigenvalue weighted by molar-refractivity contribution is -0.138. The van der Waals surface area contributed by atoms with E-state index in [1.54, 1.807) is 0 Å². The third kappa shape index (κ3) is 25.0. The SMILES string of the molecule is C1COCCOC(CO[B-](OCC2COCCOCCOCCO2)(OCC2COCCOCCOCCO2)OCC2COCCOCCOCCO2)COCCO1. The van der Waals surface area contributed by atoms with Crippen molar-refractivity contribution in [2.24, 2.45) is 0 Å². The molecule has 4 rings (SSSR count). The van der Waals surface area contributed by atoms with E-state index in [-0.39, 0.29) is 52.9 Å². The molecule has 0 N–H and O–H groups in total. The first-order valence-electron chi connectivity index (χ1n) is 20.4. The van der Waals surface area contributed by atoms with Gasteiger partial charge in [-0.05, 0) is 0 Å². The lowest BCUT2D eigenvalue weighted by Crippen LogP contribution is -2.55. The van der Waals surface area contributed by atoms with Crippen LogP contribution in [0.1, 0.15) is 0 Å². The Morgan fingerprint density at radius 3 is 0.632 bits per heavy atom. The molecule has 0 aliphatic carbocycles. The van der Waals surface area contributed by atoms with Gasteiger partial charge in [0.1, 0.15) is 24.4 Å². The molecule has 21 heteroatoms. The van der Waals surface area contributed by atoms with Crippen molar-refractivity contribution in [3.05, 3.63) is 0 Å². The fourth-order valence-electron chi connectivity index (χ4n) is 5.48. The lowest BCUT2D eigenvalue weighted by atomic mass is 10.0. The van der Waals surface area contributed by atoms with Gasteiger partial charge in [0.15, 0.2) is 0 Å². The molecular weight excluding hydrogens is 763 g/mol. The molecule has 4 heterocycles. The maximum atomic E-state index is 6.57. The molecule has 4 unspecified atom stereocenters. The molecule has 4 saturated heterocycles. The zero-order valence-electron chi connectivity index (χ0n) is 33.7. The molecule has 4 fully saturated rings. The van der Waals surface area contributed by atoms with E-state index in [2.05, 4.69) is 0 Å². The van der Waals surface area contributed by atoms with Crippen LogP contribution in [-0.4, -0.2) is 243 Å². The van der Waals surface area contributed by atoms with E-state index in [4.69, 9.17) is 94.4 Å². The summed E-state index contributed by atoms with van der Waals surface area (Å²) in [5, 5.41) is 0. The summed E-state index contributed by atoms with van der Waals surface area (Å²) < 4.78 is 119. The summed E-state index contributed by atoms with van der Waals surface area (Å²) in [5.74, 6) is 0. The molecule has 57 heavy (non-hydrogen) atoms. The average Bonchev–Trinajstić information content (AvgIpc) is 3.20. The van der Waals surface area contributed by atoms with Gasteiger partial charge in [0.05, 0.1) is 185 Å². The van der Waals surface area contributed by atoms with Crippen LogP contribution >= 0.6 is 0 Å². The second-order valence-electron chi connectivity index (χ2n) is 13.1. The van der Waals surface area contributed by atoms with Crippen LogP contribution in [0.5, 0.6) is 0 Å². The molecule has 336 valence electrons. The molecule has 0 aromatic rings. The van der Waals surface area contributed by atoms with E-state index in [0.29, 0.717) is 159 Å². The van der Waals surface area contributed by atoms with Crippen molar-refractivity contribution in [2.75, 3.05) is 211 Å². The highest BCUT2D eigenvalue weighted by molar-refractivity contribution is 6.53. The monoisotopic (exact) mass is 831 g/mol. The van der Waals surface area contributed by atoms with Crippen LogP contribution < -0.4 is 0 Å². The van der Waals surface area contributed by atoms with Gasteiger partial charge in [-0.1, -0.05) is 0 Å². The minimum absolute atomic E-state index is 0.0333. The van der Waals surface area contributed by atoms with Crippen LogP contribution in [0.2, 0.25) is 0 Å². The minimum Gasteiger partial charge on any atom is -0.516 e. The van der Waals surface area contributed by atoms with E-state index < -0.39 is 31.4 Å². The second-order valence-corrected chi connectivity index (χ2v) is 13.1. The van der Waals surface area contributed by atoms with E-state index in [9.17, 15) is 0 Å². The van der Waals surface area contributed by atoms with Crippen molar-refractivity contribution in [1.29, 1.82) is 0 Å². The molecule has 0 radical (unpaired) electrons. The molecule has 0 spiro atoms. The quantitative estimate of drug-likeness (QED) is 0.224. The molecule has 0 aromatic heterocycles. The summed E-state index contributed by atoms with van der Waals surface area (Å²) in [4.78, 5) is 0. The summed E-state index contributed by atoms with van der Waals surface area (Å²) in [6, 6.07) is 0. The van der Waals surface area contributed by atoms with Crippen LogP contribution in [-0.2, 0) is 94.4 Å². The van der Waals surface area contributed by atoms with Crippen molar-refractivity contribution >= 4 is 6.96 Å². The summed E-state index contributed by atoms with van der Waals surface area (Å²) in [5.41, 5.74) is 0. The molecule has 0 bridgehead atoms. The third-order valence-corrected chi connectivity index (χ3v) is 8.46. The molecule has 4 atom stereocenters. The van der Waals surface area contributed by atoms with Crippen LogP contribution in [0, 0.1) is 0 Å². The van der Waals surface area contributed by atoms with Crippen LogP contribution in [0.25, 0.3) is 0 Å². The topological polar surface area (TPSA) is 185 Å². The highest BCUT2D eigenvalue weighted by atomic mass is 16.9. The van der Waals surface area contributed by atoms with Crippen molar-refractivity contribution in [1.82, 2.24) is 0 Å². The van der Waals surface area contributed by atoms with E-state index in [1.165, 1.54) is 0 Å². The standard InChI is InChI=1S/C36H68BO20/c1-5-42-17-21-50-33(25-46-13-9-38-1)29-54-37(55-30-34-26-47-14-10-39-2-6-43-18-22-51-34,56-31-35-27-48-15-11-40-3-7-44-19-23-52-35)57-32-36-28-49-16-12-41-4-8-45-20-24-53-36/h33-36H,1-32H2/q-1. The maximum Gasteiger partial charge on any atom is 0.531 e. The van der Waals surface area contributed by atoms with E-state index in [1.807, 2.05) is 0 Å². The fraction of sp³-hybridized carbons (Fsp3) is 1.00. The maximum absolute atomic E-state index is 6.57. The Hall–Kier alpha value is -0.735. The Morgan fingerprint density at radius 1 is 0.246 bits per heavy atom. The van der Waals surface area contributed by atoms with Crippen LogP contribution in [0.15, 0.2) is 0 Å². The van der Waals surface area contributed by atoms with Gasteiger partial charge in [-0.15, -0.1) is 0 Å². The Balaban J connectivity index is 1.54. The predicted molar refractivity (Wildman–Crippen MR) is 198 cm³/mol. The molecule has 0 amide bonds. The normalized spacial score (nSPS) is 29.5. The molecular formula is C36H68BO20-. The van der Waals surface area contributed by atoms with Gasteiger partial charge in [-0.2, -0.15) is 0 Å². The smallest absolute Gasteiger partial charge is 0.516 e. The van der Waals surface area contributed by atoms with Gasteiger partial charge in [0.25, 0.3) is 0 Å². The van der Waals surface area contributed by atoms with Gasteiger partial charge in [0, 0.05) is 26.4 Å². The fourth-order valence-corrected chi connectivity index (χ4v) is 5.48. The van der Waals surface area contributed by atoms with Crippen LogP contribution in [0.4, 0.5) is 0 Å². The van der Waals surface area contributed by atoms with Gasteiger partial charge >= 0.3 is 6.96 Å². The van der Waals surface area contributed by atoms with Crippen molar-refractivity contribution in [2.45, 2.75) is 24.4 Å². The second kappa shape index (κ2) is 33.9. The van der Waals surface area contributed by atoms with Gasteiger partial charge in [-0.3, -0.25) is 0 Å². The largest absolute Gasteiger partial charge is 0.531 e. The van der Waals surface area contributed by atoms with E-state index in [0.717, 1.165) is 0 Å². The zero-order chi connectivity index (χ0) is 39.6.